The lowest BCUT2D eigenvalue weighted by molar-refractivity contribution is -0.153. The van der Waals surface area contributed by atoms with Crippen molar-refractivity contribution in [2.24, 2.45) is 0 Å². The van der Waals surface area contributed by atoms with E-state index in [4.69, 9.17) is 23.8 Å². The number of esters is 1. The predicted octanol–water partition coefficient (Wildman–Crippen LogP) is 3.69. The summed E-state index contributed by atoms with van der Waals surface area (Å²) < 4.78 is 14.9. The van der Waals surface area contributed by atoms with Crippen molar-refractivity contribution in [3.05, 3.63) is 0 Å². The first-order chi connectivity index (χ1) is 11.4. The van der Waals surface area contributed by atoms with Crippen LogP contribution < -0.4 is 0 Å². The molecule has 2 N–H and O–H groups in total. The zero-order chi connectivity index (χ0) is 18.3. The molecule has 0 aliphatic rings. The van der Waals surface area contributed by atoms with Crippen molar-refractivity contribution in [2.75, 3.05) is 20.3 Å². The Morgan fingerprint density at radius 1 is 1.00 bits per heavy atom. The number of methoxy groups -OCH3 is 1. The van der Waals surface area contributed by atoms with Crippen LogP contribution in [0, 0.1) is 0 Å². The summed E-state index contributed by atoms with van der Waals surface area (Å²) in [6.45, 7) is -1.59. The van der Waals surface area contributed by atoms with Gasteiger partial charge in [0, 0.05) is 13.5 Å². The highest BCUT2D eigenvalue weighted by Crippen LogP contribution is 2.36. The van der Waals surface area contributed by atoms with Gasteiger partial charge in [-0.25, -0.2) is 0 Å². The second-order valence-corrected chi connectivity index (χ2v) is 8.60. The SMILES string of the molecule is CCCCCCCCCCCC(=O)OC(COC)COP(O)(O)=S. The maximum absolute atomic E-state index is 11.8. The Morgan fingerprint density at radius 2 is 1.54 bits per heavy atom. The molecule has 0 aromatic heterocycles. The van der Waals surface area contributed by atoms with Gasteiger partial charge in [-0.1, -0.05) is 58.3 Å². The third-order valence-electron chi connectivity index (χ3n) is 3.56. The van der Waals surface area contributed by atoms with Gasteiger partial charge in [0.2, 0.25) is 0 Å². The first kappa shape index (κ1) is 24.0. The molecule has 0 amide bonds. The predicted molar refractivity (Wildman–Crippen MR) is 98.3 cm³/mol. The number of hydrogen-bond acceptors (Lipinski definition) is 5. The van der Waals surface area contributed by atoms with Crippen LogP contribution in [0.2, 0.25) is 0 Å². The molecule has 0 bridgehead atoms. The molecule has 0 saturated heterocycles. The molecule has 0 radical (unpaired) electrons. The van der Waals surface area contributed by atoms with E-state index in [0.717, 1.165) is 19.3 Å². The van der Waals surface area contributed by atoms with Crippen LogP contribution >= 0.6 is 6.72 Å². The molecular weight excluding hydrogens is 351 g/mol. The van der Waals surface area contributed by atoms with E-state index < -0.39 is 12.8 Å². The number of hydrogen-bond donors (Lipinski definition) is 2. The molecule has 0 aliphatic carbocycles. The van der Waals surface area contributed by atoms with Gasteiger partial charge in [-0.15, -0.1) is 0 Å². The van der Waals surface area contributed by atoms with E-state index in [-0.39, 0.29) is 19.2 Å². The summed E-state index contributed by atoms with van der Waals surface area (Å²) in [7, 11) is 1.47. The van der Waals surface area contributed by atoms with Gasteiger partial charge in [0.25, 0.3) is 0 Å². The van der Waals surface area contributed by atoms with Crippen LogP contribution in [0.1, 0.15) is 71.1 Å². The second kappa shape index (κ2) is 15.2. The van der Waals surface area contributed by atoms with E-state index in [9.17, 15) is 4.79 Å². The molecule has 0 rings (SSSR count). The highest BCUT2D eigenvalue weighted by molar-refractivity contribution is 8.06. The Morgan fingerprint density at radius 3 is 2.04 bits per heavy atom. The number of ether oxygens (including phenoxy) is 2. The molecular formula is C16H33O6PS. The summed E-state index contributed by atoms with van der Waals surface area (Å²) in [5.74, 6) is -0.326. The van der Waals surface area contributed by atoms with Crippen molar-refractivity contribution in [2.45, 2.75) is 77.2 Å². The lowest BCUT2D eigenvalue weighted by atomic mass is 10.1. The molecule has 144 valence electrons. The highest BCUT2D eigenvalue weighted by Gasteiger charge is 2.18. The van der Waals surface area contributed by atoms with Crippen molar-refractivity contribution in [3.8, 4) is 0 Å². The minimum absolute atomic E-state index is 0.124. The number of carbonyl (C=O) groups excluding carboxylic acids is 1. The zero-order valence-electron chi connectivity index (χ0n) is 14.9. The van der Waals surface area contributed by atoms with E-state index in [1.54, 1.807) is 0 Å². The fourth-order valence-electron chi connectivity index (χ4n) is 2.31. The average Bonchev–Trinajstić information content (AvgIpc) is 2.50. The molecule has 0 aliphatic heterocycles. The summed E-state index contributed by atoms with van der Waals surface area (Å²) >= 11 is 4.36. The van der Waals surface area contributed by atoms with Crippen LogP contribution in [-0.4, -0.2) is 42.2 Å². The monoisotopic (exact) mass is 384 g/mol. The minimum atomic E-state index is -3.74. The second-order valence-electron chi connectivity index (χ2n) is 5.93. The van der Waals surface area contributed by atoms with Gasteiger partial charge in [-0.05, 0) is 18.2 Å². The standard InChI is InChI=1S/C16H33O6PS/c1-3-4-5-6-7-8-9-10-11-12-16(17)22-15(13-20-2)14-21-23(18,19)24/h15H,3-14H2,1-2H3,(H2,18,19,24). The summed E-state index contributed by atoms with van der Waals surface area (Å²) in [5.41, 5.74) is 0. The molecule has 0 aromatic carbocycles. The first-order valence-electron chi connectivity index (χ1n) is 8.77. The first-order valence-corrected chi connectivity index (χ1v) is 11.4. The van der Waals surface area contributed by atoms with Crippen molar-refractivity contribution in [1.82, 2.24) is 0 Å². The molecule has 1 unspecified atom stereocenters. The minimum Gasteiger partial charge on any atom is -0.457 e. The maximum Gasteiger partial charge on any atom is 0.322 e. The van der Waals surface area contributed by atoms with Crippen molar-refractivity contribution in [3.63, 3.8) is 0 Å². The van der Waals surface area contributed by atoms with Crippen LogP contribution in [0.15, 0.2) is 0 Å². The third-order valence-corrected chi connectivity index (χ3v) is 4.37. The largest absolute Gasteiger partial charge is 0.457 e. The number of carbonyl (C=O) groups is 1. The molecule has 8 heteroatoms. The van der Waals surface area contributed by atoms with E-state index in [0.29, 0.717) is 6.42 Å². The molecule has 24 heavy (non-hydrogen) atoms. The quantitative estimate of drug-likeness (QED) is 0.238. The zero-order valence-corrected chi connectivity index (χ0v) is 16.7. The number of rotatable bonds is 16. The van der Waals surface area contributed by atoms with Crippen LogP contribution in [0.5, 0.6) is 0 Å². The Labute approximate surface area is 151 Å². The molecule has 0 fully saturated rings. The maximum atomic E-state index is 11.8. The van der Waals surface area contributed by atoms with Gasteiger partial charge >= 0.3 is 12.7 Å². The van der Waals surface area contributed by atoms with Gasteiger partial charge in [0.05, 0.1) is 13.2 Å². The van der Waals surface area contributed by atoms with E-state index in [1.807, 2.05) is 0 Å². The topological polar surface area (TPSA) is 85.2 Å². The molecule has 6 nitrogen and oxygen atoms in total. The molecule has 0 spiro atoms. The van der Waals surface area contributed by atoms with Gasteiger partial charge in [-0.2, -0.15) is 0 Å². The van der Waals surface area contributed by atoms with Gasteiger partial charge in [-0.3, -0.25) is 4.79 Å². The van der Waals surface area contributed by atoms with E-state index >= 15 is 0 Å². The Kier molecular flexibility index (Phi) is 15.2. The molecule has 1 atom stereocenters. The van der Waals surface area contributed by atoms with E-state index in [1.165, 1.54) is 45.6 Å². The van der Waals surface area contributed by atoms with Crippen molar-refractivity contribution >= 4 is 24.5 Å². The normalized spacial score (nSPS) is 13.0. The van der Waals surface area contributed by atoms with Crippen LogP contribution in [-0.2, 0) is 30.6 Å². The van der Waals surface area contributed by atoms with Crippen molar-refractivity contribution in [1.29, 1.82) is 0 Å². The lowest BCUT2D eigenvalue weighted by Crippen LogP contribution is -2.27. The van der Waals surface area contributed by atoms with Gasteiger partial charge in [0.15, 0.2) is 0 Å². The summed E-state index contributed by atoms with van der Waals surface area (Å²) in [4.78, 5) is 29.9. The smallest absolute Gasteiger partial charge is 0.322 e. The number of unbranched alkanes of at least 4 members (excludes halogenated alkanes) is 8. The fourth-order valence-corrected chi connectivity index (χ4v) is 2.85. The molecule has 0 heterocycles. The van der Waals surface area contributed by atoms with Crippen molar-refractivity contribution < 1.29 is 28.6 Å². The third kappa shape index (κ3) is 16.8. The lowest BCUT2D eigenvalue weighted by Gasteiger charge is -2.18. The van der Waals surface area contributed by atoms with E-state index in [2.05, 4.69) is 18.7 Å². The fraction of sp³-hybridized carbons (Fsp3) is 0.938. The Bertz CT molecular complexity index is 360. The van der Waals surface area contributed by atoms with Crippen LogP contribution in [0.3, 0.4) is 0 Å². The molecule has 0 saturated carbocycles. The van der Waals surface area contributed by atoms with Gasteiger partial charge in [0.1, 0.15) is 6.10 Å². The summed E-state index contributed by atoms with van der Waals surface area (Å²) in [6, 6.07) is 0. The Hall–Kier alpha value is -0.0400. The average molecular weight is 384 g/mol. The summed E-state index contributed by atoms with van der Waals surface area (Å²) in [5, 5.41) is 0. The summed E-state index contributed by atoms with van der Waals surface area (Å²) in [6.07, 6.45) is 10.3. The highest BCUT2D eigenvalue weighted by atomic mass is 32.5. The van der Waals surface area contributed by atoms with Gasteiger partial charge < -0.3 is 23.8 Å². The Balaban J connectivity index is 3.71. The van der Waals surface area contributed by atoms with Crippen LogP contribution in [0.25, 0.3) is 0 Å². The van der Waals surface area contributed by atoms with Crippen LogP contribution in [0.4, 0.5) is 0 Å². The molecule has 0 aromatic rings.